The molecule has 0 unspecified atom stereocenters. The van der Waals surface area contributed by atoms with Crippen LogP contribution in [0.15, 0.2) is 11.0 Å². The Morgan fingerprint density at radius 2 is 2.00 bits per heavy atom. The maximum Gasteiger partial charge on any atom is 0.345 e. The van der Waals surface area contributed by atoms with Gasteiger partial charge in [0.25, 0.3) is 0 Å². The van der Waals surface area contributed by atoms with Gasteiger partial charge in [-0.05, 0) is 12.0 Å². The number of nitrogens with zero attached hydrogens (tertiary/aromatic N) is 1. The number of aromatic nitrogens is 2. The summed E-state index contributed by atoms with van der Waals surface area (Å²) in [5.41, 5.74) is 1.14. The van der Waals surface area contributed by atoms with Crippen LogP contribution in [0.1, 0.15) is 11.3 Å². The molecule has 0 spiro atoms. The fourth-order valence-corrected chi connectivity index (χ4v) is 2.77. The van der Waals surface area contributed by atoms with Gasteiger partial charge in [0.2, 0.25) is 0 Å². The summed E-state index contributed by atoms with van der Waals surface area (Å²) >= 11 is 0. The lowest BCUT2D eigenvalue weighted by atomic mass is 10.1. The van der Waals surface area contributed by atoms with Gasteiger partial charge in [-0.3, -0.25) is 0 Å². The minimum Gasteiger partial charge on any atom is -0.310 e. The zero-order valence-electron chi connectivity index (χ0n) is 7.49. The van der Waals surface area contributed by atoms with Crippen molar-refractivity contribution in [3.05, 3.63) is 27.9 Å². The molecule has 6 heteroatoms. The fourth-order valence-electron chi connectivity index (χ4n) is 1.52. The van der Waals surface area contributed by atoms with Crippen LogP contribution in [-0.2, 0) is 22.7 Å². The van der Waals surface area contributed by atoms with Crippen LogP contribution in [0.25, 0.3) is 0 Å². The summed E-state index contributed by atoms with van der Waals surface area (Å²) in [5, 5.41) is 0. The molecule has 14 heavy (non-hydrogen) atoms. The molecule has 1 aromatic rings. The highest BCUT2D eigenvalue weighted by Gasteiger charge is 2.18. The molecule has 0 atom stereocenters. The van der Waals surface area contributed by atoms with E-state index >= 15 is 0 Å². The Morgan fingerprint density at radius 3 is 2.79 bits per heavy atom. The maximum absolute atomic E-state index is 11.3. The molecule has 1 N–H and O–H groups in total. The van der Waals surface area contributed by atoms with E-state index < -0.39 is 15.5 Å². The molecule has 0 fully saturated rings. The van der Waals surface area contributed by atoms with Crippen LogP contribution in [0.4, 0.5) is 0 Å². The summed E-state index contributed by atoms with van der Waals surface area (Å²) in [6, 6.07) is 0. The van der Waals surface area contributed by atoms with Gasteiger partial charge in [0.15, 0.2) is 9.84 Å². The summed E-state index contributed by atoms with van der Waals surface area (Å²) in [5.74, 6) is 0.258. The molecule has 0 bridgehead atoms. The predicted octanol–water partition coefficient (Wildman–Crippen LogP) is -0.717. The van der Waals surface area contributed by atoms with Gasteiger partial charge in [0.05, 0.1) is 11.5 Å². The molecule has 0 amide bonds. The van der Waals surface area contributed by atoms with E-state index in [1.807, 2.05) is 0 Å². The third-order valence-corrected chi connectivity index (χ3v) is 3.98. The third kappa shape index (κ3) is 1.84. The van der Waals surface area contributed by atoms with Crippen LogP contribution < -0.4 is 5.69 Å². The number of hydrogen-bond acceptors (Lipinski definition) is 4. The van der Waals surface area contributed by atoms with E-state index in [-0.39, 0.29) is 11.5 Å². The van der Waals surface area contributed by atoms with E-state index in [0.717, 1.165) is 5.56 Å². The number of hydrogen-bond donors (Lipinski definition) is 1. The highest BCUT2D eigenvalue weighted by molar-refractivity contribution is 7.91. The predicted molar refractivity (Wildman–Crippen MR) is 50.9 cm³/mol. The summed E-state index contributed by atoms with van der Waals surface area (Å²) in [4.78, 5) is 17.0. The van der Waals surface area contributed by atoms with Gasteiger partial charge >= 0.3 is 5.69 Å². The third-order valence-electron chi connectivity index (χ3n) is 2.33. The van der Waals surface area contributed by atoms with Crippen molar-refractivity contribution in [3.8, 4) is 0 Å². The van der Waals surface area contributed by atoms with E-state index in [1.165, 1.54) is 6.20 Å². The number of sulfone groups is 1. The maximum atomic E-state index is 11.3. The first-order valence-electron chi connectivity index (χ1n) is 4.34. The molecule has 0 saturated carbocycles. The zero-order chi connectivity index (χ0) is 10.2. The van der Waals surface area contributed by atoms with Crippen LogP contribution in [-0.4, -0.2) is 29.9 Å². The second kappa shape index (κ2) is 3.20. The summed E-state index contributed by atoms with van der Waals surface area (Å²) in [7, 11) is -2.95. The molecule has 5 nitrogen and oxygen atoms in total. The smallest absolute Gasteiger partial charge is 0.310 e. The molecule has 0 aliphatic carbocycles. The Kier molecular flexibility index (Phi) is 2.14. The Morgan fingerprint density at radius 1 is 1.29 bits per heavy atom. The number of aryl methyl sites for hydroxylation is 2. The van der Waals surface area contributed by atoms with Gasteiger partial charge in [-0.1, -0.05) is 0 Å². The second-order valence-corrected chi connectivity index (χ2v) is 5.65. The SMILES string of the molecule is O=c1ncc2c([nH]1)CCS(=O)(=O)CC2. The van der Waals surface area contributed by atoms with E-state index in [0.29, 0.717) is 18.5 Å². The van der Waals surface area contributed by atoms with Crippen molar-refractivity contribution in [2.45, 2.75) is 12.8 Å². The minimum atomic E-state index is -2.95. The highest BCUT2D eigenvalue weighted by atomic mass is 32.2. The highest BCUT2D eigenvalue weighted by Crippen LogP contribution is 2.12. The Bertz CT molecular complexity index is 504. The second-order valence-electron chi connectivity index (χ2n) is 3.34. The Balaban J connectivity index is 2.44. The van der Waals surface area contributed by atoms with Crippen molar-refractivity contribution in [2.24, 2.45) is 0 Å². The molecule has 1 aromatic heterocycles. The van der Waals surface area contributed by atoms with Crippen molar-refractivity contribution in [1.82, 2.24) is 9.97 Å². The average Bonchev–Trinajstić information content (AvgIpc) is 2.26. The number of fused-ring (bicyclic) bond motifs is 1. The molecule has 2 rings (SSSR count). The quantitative estimate of drug-likeness (QED) is 0.618. The van der Waals surface area contributed by atoms with Gasteiger partial charge in [-0.2, -0.15) is 0 Å². The first kappa shape index (κ1) is 9.39. The van der Waals surface area contributed by atoms with Crippen molar-refractivity contribution in [2.75, 3.05) is 11.5 Å². The zero-order valence-corrected chi connectivity index (χ0v) is 8.30. The first-order chi connectivity index (χ1) is 6.57. The normalized spacial score (nSPS) is 19.7. The van der Waals surface area contributed by atoms with Crippen LogP contribution in [0.3, 0.4) is 0 Å². The molecular weight excluding hydrogens is 204 g/mol. The monoisotopic (exact) mass is 214 g/mol. The van der Waals surface area contributed by atoms with Gasteiger partial charge in [-0.15, -0.1) is 0 Å². The number of rotatable bonds is 0. The van der Waals surface area contributed by atoms with E-state index in [1.54, 1.807) is 0 Å². The summed E-state index contributed by atoms with van der Waals surface area (Å²) in [6.45, 7) is 0. The number of aromatic amines is 1. The minimum absolute atomic E-state index is 0.111. The van der Waals surface area contributed by atoms with Crippen LogP contribution >= 0.6 is 0 Å². The molecule has 1 aliphatic rings. The van der Waals surface area contributed by atoms with Crippen LogP contribution in [0, 0.1) is 0 Å². The van der Waals surface area contributed by atoms with Gasteiger partial charge in [-0.25, -0.2) is 18.2 Å². The van der Waals surface area contributed by atoms with E-state index in [4.69, 9.17) is 0 Å². The molecule has 0 aromatic carbocycles. The van der Waals surface area contributed by atoms with E-state index in [2.05, 4.69) is 9.97 Å². The number of nitrogens with one attached hydrogen (secondary N) is 1. The first-order valence-corrected chi connectivity index (χ1v) is 6.16. The lowest BCUT2D eigenvalue weighted by molar-refractivity contribution is 0.596. The average molecular weight is 214 g/mol. The van der Waals surface area contributed by atoms with Gasteiger partial charge in [0.1, 0.15) is 0 Å². The molecule has 0 saturated heterocycles. The standard InChI is InChI=1S/C8H10N2O3S/c11-8-9-5-6-1-3-14(12,13)4-2-7(6)10-8/h5H,1-4H2,(H,9,10,11). The lowest BCUT2D eigenvalue weighted by Gasteiger charge is -2.00. The Labute approximate surface area is 81.1 Å². The van der Waals surface area contributed by atoms with E-state index in [9.17, 15) is 13.2 Å². The van der Waals surface area contributed by atoms with Crippen LogP contribution in [0.2, 0.25) is 0 Å². The van der Waals surface area contributed by atoms with Crippen molar-refractivity contribution >= 4 is 9.84 Å². The summed E-state index contributed by atoms with van der Waals surface area (Å²) in [6.07, 6.45) is 2.30. The van der Waals surface area contributed by atoms with Crippen molar-refractivity contribution in [3.63, 3.8) is 0 Å². The molecule has 1 aliphatic heterocycles. The van der Waals surface area contributed by atoms with Gasteiger partial charge in [0, 0.05) is 18.3 Å². The Hall–Kier alpha value is -1.17. The fraction of sp³-hybridized carbons (Fsp3) is 0.500. The molecule has 0 radical (unpaired) electrons. The van der Waals surface area contributed by atoms with Crippen LogP contribution in [0.5, 0.6) is 0 Å². The van der Waals surface area contributed by atoms with Gasteiger partial charge < -0.3 is 4.98 Å². The molecule has 2 heterocycles. The number of H-pyrrole nitrogens is 1. The molecule has 76 valence electrons. The topological polar surface area (TPSA) is 79.9 Å². The molecular formula is C8H10N2O3S. The lowest BCUT2D eigenvalue weighted by Crippen LogP contribution is -2.14. The summed E-state index contributed by atoms with van der Waals surface area (Å²) < 4.78 is 22.6. The van der Waals surface area contributed by atoms with Crippen molar-refractivity contribution in [1.29, 1.82) is 0 Å². The van der Waals surface area contributed by atoms with Crippen molar-refractivity contribution < 1.29 is 8.42 Å². The largest absolute Gasteiger partial charge is 0.345 e.